The van der Waals surface area contributed by atoms with Crippen LogP contribution in [0.25, 0.3) is 0 Å². The summed E-state index contributed by atoms with van der Waals surface area (Å²) in [6.07, 6.45) is 5.61. The first-order valence-electron chi connectivity index (χ1n) is 8.18. The van der Waals surface area contributed by atoms with E-state index in [4.69, 9.17) is 9.15 Å². The number of alkyl carbamates (subject to hydrolysis) is 1. The minimum Gasteiger partial charge on any atom is -0.469 e. The maximum Gasteiger partial charge on any atom is 0.407 e. The fraction of sp³-hybridized carbons (Fsp3) is 0.706. The molecule has 2 N–H and O–H groups in total. The van der Waals surface area contributed by atoms with E-state index in [-0.39, 0.29) is 12.1 Å². The van der Waals surface area contributed by atoms with Crippen LogP contribution in [0.1, 0.15) is 64.3 Å². The van der Waals surface area contributed by atoms with E-state index in [9.17, 15) is 4.79 Å². The summed E-state index contributed by atoms with van der Waals surface area (Å²) in [4.78, 5) is 11.8. The van der Waals surface area contributed by atoms with Gasteiger partial charge in [0, 0.05) is 30.6 Å². The Morgan fingerprint density at radius 3 is 2.95 bits per heavy atom. The lowest BCUT2D eigenvalue weighted by Crippen LogP contribution is -2.44. The fourth-order valence-corrected chi connectivity index (χ4v) is 2.79. The smallest absolute Gasteiger partial charge is 0.407 e. The van der Waals surface area contributed by atoms with Crippen LogP contribution in [0.2, 0.25) is 0 Å². The standard InChI is InChI=1S/C17H28N2O3/c1-5-12(11-18-16(20)22-17(2,3)4)19-14-7-6-8-15-13(14)9-10-21-15/h9-10,12,14,19H,5-8,11H2,1-4H3,(H,18,20). The molecule has 2 unspecified atom stereocenters. The summed E-state index contributed by atoms with van der Waals surface area (Å²) in [7, 11) is 0. The molecule has 1 amide bonds. The van der Waals surface area contributed by atoms with Gasteiger partial charge in [-0.05, 0) is 46.1 Å². The van der Waals surface area contributed by atoms with Crippen LogP contribution >= 0.6 is 0 Å². The number of hydrogen-bond donors (Lipinski definition) is 2. The number of carbonyl (C=O) groups is 1. The van der Waals surface area contributed by atoms with Crippen molar-refractivity contribution in [3.8, 4) is 0 Å². The highest BCUT2D eigenvalue weighted by Gasteiger charge is 2.25. The van der Waals surface area contributed by atoms with E-state index in [0.717, 1.165) is 31.4 Å². The molecule has 1 aromatic heterocycles. The van der Waals surface area contributed by atoms with Gasteiger partial charge in [0.2, 0.25) is 0 Å². The Morgan fingerprint density at radius 1 is 1.50 bits per heavy atom. The highest BCUT2D eigenvalue weighted by Crippen LogP contribution is 2.30. The van der Waals surface area contributed by atoms with Crippen molar-refractivity contribution in [3.63, 3.8) is 0 Å². The van der Waals surface area contributed by atoms with Gasteiger partial charge < -0.3 is 19.8 Å². The van der Waals surface area contributed by atoms with Crippen molar-refractivity contribution in [1.82, 2.24) is 10.6 Å². The first-order valence-corrected chi connectivity index (χ1v) is 8.18. The predicted octanol–water partition coefficient (Wildman–Crippen LogP) is 3.55. The topological polar surface area (TPSA) is 63.5 Å². The van der Waals surface area contributed by atoms with Gasteiger partial charge in [-0.2, -0.15) is 0 Å². The third-order valence-electron chi connectivity index (χ3n) is 3.87. The van der Waals surface area contributed by atoms with Crippen molar-refractivity contribution >= 4 is 6.09 Å². The summed E-state index contributed by atoms with van der Waals surface area (Å²) in [5, 5.41) is 6.49. The second-order valence-electron chi connectivity index (χ2n) is 6.90. The molecule has 0 radical (unpaired) electrons. The largest absolute Gasteiger partial charge is 0.469 e. The van der Waals surface area contributed by atoms with Crippen molar-refractivity contribution in [3.05, 3.63) is 23.7 Å². The highest BCUT2D eigenvalue weighted by molar-refractivity contribution is 5.67. The van der Waals surface area contributed by atoms with E-state index >= 15 is 0 Å². The van der Waals surface area contributed by atoms with Gasteiger partial charge in [0.05, 0.1) is 6.26 Å². The molecule has 0 fully saturated rings. The van der Waals surface area contributed by atoms with Crippen LogP contribution in [-0.4, -0.2) is 24.3 Å². The first kappa shape index (κ1) is 16.9. The lowest BCUT2D eigenvalue weighted by atomic mass is 9.92. The maximum atomic E-state index is 11.8. The van der Waals surface area contributed by atoms with Crippen LogP contribution < -0.4 is 10.6 Å². The molecular formula is C17H28N2O3. The molecule has 1 heterocycles. The molecule has 5 heteroatoms. The second kappa shape index (κ2) is 7.18. The van der Waals surface area contributed by atoms with Crippen molar-refractivity contribution in [1.29, 1.82) is 0 Å². The first-order chi connectivity index (χ1) is 10.4. The Labute approximate surface area is 132 Å². The Hall–Kier alpha value is -1.49. The normalized spacial score (nSPS) is 19.4. The number of fused-ring (bicyclic) bond motifs is 1. The van der Waals surface area contributed by atoms with Crippen LogP contribution in [0.3, 0.4) is 0 Å². The average molecular weight is 308 g/mol. The number of rotatable bonds is 5. The molecule has 0 aliphatic heterocycles. The zero-order chi connectivity index (χ0) is 16.2. The molecule has 2 atom stereocenters. The summed E-state index contributed by atoms with van der Waals surface area (Å²) >= 11 is 0. The van der Waals surface area contributed by atoms with Gasteiger partial charge in [-0.1, -0.05) is 6.92 Å². The molecule has 1 aliphatic carbocycles. The third-order valence-corrected chi connectivity index (χ3v) is 3.87. The number of furan rings is 1. The molecular weight excluding hydrogens is 280 g/mol. The van der Waals surface area contributed by atoms with Gasteiger partial charge in [-0.25, -0.2) is 4.79 Å². The molecule has 5 nitrogen and oxygen atoms in total. The zero-order valence-electron chi connectivity index (χ0n) is 14.1. The monoisotopic (exact) mass is 308 g/mol. The summed E-state index contributed by atoms with van der Waals surface area (Å²) in [6, 6.07) is 2.59. The minimum absolute atomic E-state index is 0.221. The van der Waals surface area contributed by atoms with Crippen LogP contribution in [0.5, 0.6) is 0 Å². The van der Waals surface area contributed by atoms with Crippen molar-refractivity contribution in [2.24, 2.45) is 0 Å². The van der Waals surface area contributed by atoms with E-state index in [1.54, 1.807) is 6.26 Å². The van der Waals surface area contributed by atoms with Crippen LogP contribution in [-0.2, 0) is 11.2 Å². The quantitative estimate of drug-likeness (QED) is 0.873. The Balaban J connectivity index is 1.85. The lowest BCUT2D eigenvalue weighted by molar-refractivity contribution is 0.0521. The zero-order valence-corrected chi connectivity index (χ0v) is 14.1. The number of amides is 1. The number of hydrogen-bond acceptors (Lipinski definition) is 4. The Kier molecular flexibility index (Phi) is 5.51. The summed E-state index contributed by atoms with van der Waals surface area (Å²) < 4.78 is 10.8. The maximum absolute atomic E-state index is 11.8. The van der Waals surface area contributed by atoms with Crippen molar-refractivity contribution in [2.75, 3.05) is 6.54 Å². The van der Waals surface area contributed by atoms with Crippen molar-refractivity contribution < 1.29 is 13.9 Å². The van der Waals surface area contributed by atoms with E-state index < -0.39 is 5.60 Å². The lowest BCUT2D eigenvalue weighted by Gasteiger charge is -2.28. The Bertz CT molecular complexity index is 490. The highest BCUT2D eigenvalue weighted by atomic mass is 16.6. The van der Waals surface area contributed by atoms with E-state index in [1.807, 2.05) is 20.8 Å². The fourth-order valence-electron chi connectivity index (χ4n) is 2.79. The number of carbonyl (C=O) groups excluding carboxylic acids is 1. The average Bonchev–Trinajstić information content (AvgIpc) is 2.90. The second-order valence-corrected chi connectivity index (χ2v) is 6.90. The predicted molar refractivity (Wildman–Crippen MR) is 85.8 cm³/mol. The SMILES string of the molecule is CCC(CNC(=O)OC(C)(C)C)NC1CCCc2occc21. The molecule has 1 aliphatic rings. The Morgan fingerprint density at radius 2 is 2.27 bits per heavy atom. The summed E-state index contributed by atoms with van der Waals surface area (Å²) in [5.74, 6) is 1.10. The summed E-state index contributed by atoms with van der Waals surface area (Å²) in [6.45, 7) is 8.28. The molecule has 0 saturated carbocycles. The number of ether oxygens (including phenoxy) is 1. The molecule has 2 rings (SSSR count). The van der Waals surface area contributed by atoms with Gasteiger partial charge in [-0.15, -0.1) is 0 Å². The molecule has 0 bridgehead atoms. The van der Waals surface area contributed by atoms with Gasteiger partial charge in [0.25, 0.3) is 0 Å². The third kappa shape index (κ3) is 4.77. The molecule has 0 spiro atoms. The van der Waals surface area contributed by atoms with E-state index in [2.05, 4.69) is 23.6 Å². The van der Waals surface area contributed by atoms with Gasteiger partial charge in [0.15, 0.2) is 0 Å². The molecule has 1 aromatic rings. The number of aryl methyl sites for hydroxylation is 1. The van der Waals surface area contributed by atoms with Gasteiger partial charge >= 0.3 is 6.09 Å². The molecule has 22 heavy (non-hydrogen) atoms. The van der Waals surface area contributed by atoms with Crippen LogP contribution in [0.15, 0.2) is 16.7 Å². The van der Waals surface area contributed by atoms with Crippen LogP contribution in [0.4, 0.5) is 4.79 Å². The molecule has 124 valence electrons. The number of nitrogens with one attached hydrogen (secondary N) is 2. The van der Waals surface area contributed by atoms with E-state index in [0.29, 0.717) is 12.6 Å². The minimum atomic E-state index is -0.464. The van der Waals surface area contributed by atoms with Gasteiger partial charge in [-0.3, -0.25) is 0 Å². The molecule has 0 saturated heterocycles. The van der Waals surface area contributed by atoms with E-state index in [1.165, 1.54) is 5.56 Å². The molecule has 0 aromatic carbocycles. The van der Waals surface area contributed by atoms with Crippen LogP contribution in [0, 0.1) is 0 Å². The van der Waals surface area contributed by atoms with Gasteiger partial charge in [0.1, 0.15) is 11.4 Å². The van der Waals surface area contributed by atoms with Crippen molar-refractivity contribution in [2.45, 2.75) is 71.1 Å². The summed E-state index contributed by atoms with van der Waals surface area (Å²) in [5.41, 5.74) is 0.802.